The van der Waals surface area contributed by atoms with E-state index in [1.165, 1.54) is 0 Å². The summed E-state index contributed by atoms with van der Waals surface area (Å²) in [6.07, 6.45) is 0. The lowest BCUT2D eigenvalue weighted by molar-refractivity contribution is -0.159. The highest BCUT2D eigenvalue weighted by molar-refractivity contribution is 6.27. The van der Waals surface area contributed by atoms with Crippen LogP contribution in [0.25, 0.3) is 0 Å². The second-order valence-corrected chi connectivity index (χ2v) is 5.44. The SMILES string of the molecule is COc1ccc(/C(C)=N\NC(=O)c2ccc(N)cc2)c(OC)c1.O=C(O)C(=O)O. The minimum absolute atomic E-state index is 0.308. The summed E-state index contributed by atoms with van der Waals surface area (Å²) in [4.78, 5) is 30.2. The molecule has 0 atom stereocenters. The molecule has 1 amide bonds. The van der Waals surface area contributed by atoms with Crippen molar-refractivity contribution in [1.29, 1.82) is 0 Å². The molecule has 0 saturated carbocycles. The summed E-state index contributed by atoms with van der Waals surface area (Å²) in [5, 5.41) is 18.9. The van der Waals surface area contributed by atoms with E-state index >= 15 is 0 Å². The number of nitrogens with zero attached hydrogens (tertiary/aromatic N) is 1. The number of carboxylic acid groups (broad SMARTS) is 2. The molecule has 0 radical (unpaired) electrons. The number of amides is 1. The highest BCUT2D eigenvalue weighted by Crippen LogP contribution is 2.25. The van der Waals surface area contributed by atoms with Gasteiger partial charge in [0.2, 0.25) is 0 Å². The van der Waals surface area contributed by atoms with Gasteiger partial charge in [0.15, 0.2) is 0 Å². The average molecular weight is 403 g/mol. The topological polar surface area (TPSA) is 161 Å². The molecular weight excluding hydrogens is 382 g/mol. The number of nitrogens with two attached hydrogens (primary N) is 1. The Morgan fingerprint density at radius 2 is 1.55 bits per heavy atom. The molecule has 2 rings (SSSR count). The second-order valence-electron chi connectivity index (χ2n) is 5.44. The van der Waals surface area contributed by atoms with Crippen LogP contribution < -0.4 is 20.6 Å². The maximum atomic E-state index is 12.0. The van der Waals surface area contributed by atoms with Crippen molar-refractivity contribution in [3.63, 3.8) is 0 Å². The molecule has 0 saturated heterocycles. The molecule has 0 spiro atoms. The van der Waals surface area contributed by atoms with Crippen LogP contribution in [0.4, 0.5) is 5.69 Å². The first-order valence-corrected chi connectivity index (χ1v) is 8.08. The number of rotatable bonds is 5. The number of hydrogen-bond donors (Lipinski definition) is 4. The van der Waals surface area contributed by atoms with Crippen molar-refractivity contribution < 1.29 is 34.1 Å². The predicted octanol–water partition coefficient (Wildman–Crippen LogP) is 1.60. The Balaban J connectivity index is 0.000000612. The molecule has 0 aromatic heterocycles. The standard InChI is InChI=1S/C17H19N3O3.C2H2O4/c1-11(15-9-8-14(22-2)10-16(15)23-3)19-20-17(21)12-4-6-13(18)7-5-12;3-1(4)2(5)6/h4-10H,18H2,1-3H3,(H,20,21);(H,3,4)(H,5,6)/b19-11-;. The van der Waals surface area contributed by atoms with E-state index in [2.05, 4.69) is 10.5 Å². The van der Waals surface area contributed by atoms with Gasteiger partial charge in [-0.3, -0.25) is 4.79 Å². The van der Waals surface area contributed by atoms with Crippen molar-refractivity contribution in [2.75, 3.05) is 20.0 Å². The van der Waals surface area contributed by atoms with Gasteiger partial charge < -0.3 is 25.4 Å². The summed E-state index contributed by atoms with van der Waals surface area (Å²) >= 11 is 0. The molecule has 0 heterocycles. The highest BCUT2D eigenvalue weighted by atomic mass is 16.5. The van der Waals surface area contributed by atoms with Gasteiger partial charge in [0.1, 0.15) is 11.5 Å². The molecule has 0 bridgehead atoms. The lowest BCUT2D eigenvalue weighted by Gasteiger charge is -2.10. The van der Waals surface area contributed by atoms with Gasteiger partial charge in [-0.05, 0) is 43.3 Å². The zero-order chi connectivity index (χ0) is 22.0. The summed E-state index contributed by atoms with van der Waals surface area (Å²) in [5.41, 5.74) is 10.6. The van der Waals surface area contributed by atoms with Crippen molar-refractivity contribution in [3.05, 3.63) is 53.6 Å². The van der Waals surface area contributed by atoms with Crippen molar-refractivity contribution in [1.82, 2.24) is 5.43 Å². The van der Waals surface area contributed by atoms with Crippen LogP contribution >= 0.6 is 0 Å². The van der Waals surface area contributed by atoms with Crippen LogP contribution in [0.2, 0.25) is 0 Å². The van der Waals surface area contributed by atoms with Crippen LogP contribution in [-0.4, -0.2) is 48.0 Å². The minimum Gasteiger partial charge on any atom is -0.497 e. The number of carbonyl (C=O) groups is 3. The minimum atomic E-state index is -1.82. The molecule has 10 nitrogen and oxygen atoms in total. The largest absolute Gasteiger partial charge is 0.497 e. The molecule has 2 aromatic carbocycles. The second kappa shape index (κ2) is 10.9. The Morgan fingerprint density at radius 3 is 2.03 bits per heavy atom. The molecule has 29 heavy (non-hydrogen) atoms. The molecule has 2 aromatic rings. The van der Waals surface area contributed by atoms with E-state index in [9.17, 15) is 4.79 Å². The van der Waals surface area contributed by atoms with Gasteiger partial charge in [-0.2, -0.15) is 5.10 Å². The quantitative estimate of drug-likeness (QED) is 0.253. The summed E-state index contributed by atoms with van der Waals surface area (Å²) < 4.78 is 10.5. The van der Waals surface area contributed by atoms with E-state index in [-0.39, 0.29) is 5.91 Å². The number of hydrazone groups is 1. The van der Waals surface area contributed by atoms with E-state index in [1.54, 1.807) is 57.5 Å². The molecule has 10 heteroatoms. The third kappa shape index (κ3) is 7.21. The summed E-state index contributed by atoms with van der Waals surface area (Å²) in [6.45, 7) is 1.79. The van der Waals surface area contributed by atoms with Gasteiger partial charge in [-0.25, -0.2) is 15.0 Å². The number of nitrogens with one attached hydrogen (secondary N) is 1. The number of benzene rings is 2. The van der Waals surface area contributed by atoms with Crippen molar-refractivity contribution >= 4 is 29.2 Å². The lowest BCUT2D eigenvalue weighted by atomic mass is 10.1. The third-order valence-corrected chi connectivity index (χ3v) is 3.48. The summed E-state index contributed by atoms with van der Waals surface area (Å²) in [5.74, 6) is -2.65. The van der Waals surface area contributed by atoms with Crippen LogP contribution in [0.1, 0.15) is 22.8 Å². The van der Waals surface area contributed by atoms with Gasteiger partial charge in [0, 0.05) is 22.9 Å². The summed E-state index contributed by atoms with van der Waals surface area (Å²) in [6, 6.07) is 12.0. The fraction of sp³-hybridized carbons (Fsp3) is 0.158. The monoisotopic (exact) mass is 403 g/mol. The Labute approximate surface area is 166 Å². The van der Waals surface area contributed by atoms with Crippen LogP contribution in [0.15, 0.2) is 47.6 Å². The van der Waals surface area contributed by atoms with Crippen LogP contribution in [0, 0.1) is 0 Å². The third-order valence-electron chi connectivity index (χ3n) is 3.48. The predicted molar refractivity (Wildman–Crippen MR) is 105 cm³/mol. The fourth-order valence-electron chi connectivity index (χ4n) is 1.99. The fourth-order valence-corrected chi connectivity index (χ4v) is 1.99. The number of methoxy groups -OCH3 is 2. The van der Waals surface area contributed by atoms with Gasteiger partial charge in [0.25, 0.3) is 5.91 Å². The van der Waals surface area contributed by atoms with E-state index in [4.69, 9.17) is 35.0 Å². The van der Waals surface area contributed by atoms with E-state index in [0.717, 1.165) is 5.56 Å². The number of carbonyl (C=O) groups excluding carboxylic acids is 1. The zero-order valence-electron chi connectivity index (χ0n) is 16.0. The summed E-state index contributed by atoms with van der Waals surface area (Å²) in [7, 11) is 3.15. The van der Waals surface area contributed by atoms with Gasteiger partial charge in [-0.1, -0.05) is 0 Å². The van der Waals surface area contributed by atoms with Gasteiger partial charge in [-0.15, -0.1) is 0 Å². The lowest BCUT2D eigenvalue weighted by Crippen LogP contribution is -2.19. The van der Waals surface area contributed by atoms with E-state index in [1.807, 2.05) is 6.07 Å². The molecule has 0 unspecified atom stereocenters. The number of anilines is 1. The highest BCUT2D eigenvalue weighted by Gasteiger charge is 2.09. The number of hydrogen-bond acceptors (Lipinski definition) is 7. The molecular formula is C19H21N3O7. The molecule has 5 N–H and O–H groups in total. The molecule has 0 fully saturated rings. The number of carboxylic acids is 2. The van der Waals surface area contributed by atoms with E-state index in [0.29, 0.717) is 28.5 Å². The van der Waals surface area contributed by atoms with Crippen molar-refractivity contribution in [3.8, 4) is 11.5 Å². The van der Waals surface area contributed by atoms with Crippen molar-refractivity contribution in [2.45, 2.75) is 6.92 Å². The Bertz CT molecular complexity index is 897. The normalized spacial score (nSPS) is 10.2. The average Bonchev–Trinajstić information content (AvgIpc) is 2.72. The molecule has 0 aliphatic carbocycles. The number of aliphatic carboxylic acids is 2. The molecule has 0 aliphatic rings. The van der Waals surface area contributed by atoms with Crippen LogP contribution in [-0.2, 0) is 9.59 Å². The Kier molecular flexibility index (Phi) is 8.65. The van der Waals surface area contributed by atoms with E-state index < -0.39 is 11.9 Å². The first kappa shape index (κ1) is 23.0. The molecule has 154 valence electrons. The first-order valence-electron chi connectivity index (χ1n) is 8.08. The van der Waals surface area contributed by atoms with Crippen LogP contribution in [0.5, 0.6) is 11.5 Å². The maximum Gasteiger partial charge on any atom is 0.414 e. The Morgan fingerprint density at radius 1 is 0.966 bits per heavy atom. The number of nitrogen functional groups attached to an aromatic ring is 1. The number of ether oxygens (including phenoxy) is 2. The van der Waals surface area contributed by atoms with Crippen molar-refractivity contribution in [2.24, 2.45) is 5.10 Å². The smallest absolute Gasteiger partial charge is 0.414 e. The van der Waals surface area contributed by atoms with Gasteiger partial charge >= 0.3 is 11.9 Å². The zero-order valence-corrected chi connectivity index (χ0v) is 16.0. The molecule has 0 aliphatic heterocycles. The van der Waals surface area contributed by atoms with Gasteiger partial charge in [0.05, 0.1) is 19.9 Å². The van der Waals surface area contributed by atoms with Crippen LogP contribution in [0.3, 0.4) is 0 Å². The Hall–Kier alpha value is -4.08. The maximum absolute atomic E-state index is 12.0. The first-order chi connectivity index (χ1) is 13.7.